The molecule has 0 aliphatic heterocycles. The Morgan fingerprint density at radius 1 is 1.23 bits per heavy atom. The van der Waals surface area contributed by atoms with Crippen LogP contribution in [0.3, 0.4) is 0 Å². The molecule has 0 atom stereocenters. The van der Waals surface area contributed by atoms with Gasteiger partial charge in [-0.15, -0.1) is 11.3 Å². The van der Waals surface area contributed by atoms with Gasteiger partial charge in [-0.25, -0.2) is 4.98 Å². The Morgan fingerprint density at radius 2 is 1.86 bits per heavy atom. The van der Waals surface area contributed by atoms with Crippen molar-refractivity contribution in [1.29, 1.82) is 0 Å². The summed E-state index contributed by atoms with van der Waals surface area (Å²) in [5.41, 5.74) is 1.91. The number of thiazole rings is 1. The van der Waals surface area contributed by atoms with E-state index in [1.165, 1.54) is 11.3 Å². The van der Waals surface area contributed by atoms with Crippen LogP contribution in [0.5, 0.6) is 17.2 Å². The van der Waals surface area contributed by atoms with Gasteiger partial charge in [0.1, 0.15) is 16.4 Å². The summed E-state index contributed by atoms with van der Waals surface area (Å²) in [5.74, 6) is 7.11. The van der Waals surface area contributed by atoms with Crippen LogP contribution < -0.4 is 20.1 Å². The molecular formula is C15H17N3O3S. The molecule has 22 heavy (non-hydrogen) atoms. The molecule has 0 saturated carbocycles. The second-order valence-electron chi connectivity index (χ2n) is 4.17. The first-order chi connectivity index (χ1) is 10.7. The molecule has 1 heterocycles. The third kappa shape index (κ3) is 2.89. The Kier molecular flexibility index (Phi) is 5.00. The zero-order valence-corrected chi connectivity index (χ0v) is 13.4. The van der Waals surface area contributed by atoms with E-state index < -0.39 is 0 Å². The first-order valence-corrected chi connectivity index (χ1v) is 7.23. The van der Waals surface area contributed by atoms with E-state index in [0.29, 0.717) is 28.7 Å². The minimum Gasteiger partial charge on any atom is -0.493 e. The number of hydrogen-bond donors (Lipinski definition) is 1. The Bertz CT molecular complexity index is 685. The predicted molar refractivity (Wildman–Crippen MR) is 88.1 cm³/mol. The Balaban J connectivity index is 2.56. The molecule has 6 nitrogen and oxygen atoms in total. The van der Waals surface area contributed by atoms with Gasteiger partial charge in [0.05, 0.1) is 21.3 Å². The summed E-state index contributed by atoms with van der Waals surface area (Å²) >= 11 is 1.46. The van der Waals surface area contributed by atoms with Crippen molar-refractivity contribution in [1.82, 2.24) is 4.98 Å². The minimum atomic E-state index is 0.509. The summed E-state index contributed by atoms with van der Waals surface area (Å²) in [6.07, 6.45) is 1.68. The van der Waals surface area contributed by atoms with E-state index in [1.807, 2.05) is 5.38 Å². The molecule has 0 unspecified atom stereocenters. The normalized spacial score (nSPS) is 11.1. The van der Waals surface area contributed by atoms with Crippen LogP contribution >= 0.6 is 11.3 Å². The molecule has 7 heteroatoms. The highest BCUT2D eigenvalue weighted by molar-refractivity contribution is 7.10. The van der Waals surface area contributed by atoms with Crippen LogP contribution in [-0.4, -0.2) is 32.0 Å². The lowest BCUT2D eigenvalue weighted by Gasteiger charge is -2.14. The number of rotatable bonds is 6. The monoisotopic (exact) mass is 319 g/mol. The van der Waals surface area contributed by atoms with Gasteiger partial charge in [-0.1, -0.05) is 6.58 Å². The fraction of sp³-hybridized carbons (Fsp3) is 0.200. The van der Waals surface area contributed by atoms with Gasteiger partial charge >= 0.3 is 0 Å². The highest BCUT2D eigenvalue weighted by atomic mass is 32.1. The summed E-state index contributed by atoms with van der Waals surface area (Å²) in [5, 5.41) is 6.52. The summed E-state index contributed by atoms with van der Waals surface area (Å²) in [6.45, 7) is 3.70. The second kappa shape index (κ2) is 6.95. The summed E-state index contributed by atoms with van der Waals surface area (Å²) in [7, 11) is 4.66. The maximum atomic E-state index is 5.56. The number of hydrogen-bond acceptors (Lipinski definition) is 7. The van der Waals surface area contributed by atoms with Gasteiger partial charge in [0.2, 0.25) is 5.75 Å². The van der Waals surface area contributed by atoms with E-state index in [9.17, 15) is 0 Å². The lowest BCUT2D eigenvalue weighted by atomic mass is 10.1. The van der Waals surface area contributed by atoms with Crippen LogP contribution in [0.15, 0.2) is 29.2 Å². The fourth-order valence-electron chi connectivity index (χ4n) is 2.00. The Hall–Kier alpha value is -2.54. The van der Waals surface area contributed by atoms with Crippen LogP contribution in [0.25, 0.3) is 6.08 Å². The number of hydrazone groups is 1. The van der Waals surface area contributed by atoms with Gasteiger partial charge in [0.25, 0.3) is 0 Å². The minimum absolute atomic E-state index is 0.509. The molecule has 0 spiro atoms. The number of nitrogens with two attached hydrogens (primary N) is 1. The van der Waals surface area contributed by atoms with Crippen LogP contribution in [0.1, 0.15) is 16.3 Å². The lowest BCUT2D eigenvalue weighted by Crippen LogP contribution is -2.08. The molecule has 2 aromatic rings. The molecule has 116 valence electrons. The van der Waals surface area contributed by atoms with Gasteiger partial charge in [-0.2, -0.15) is 5.10 Å². The largest absolute Gasteiger partial charge is 0.493 e. The van der Waals surface area contributed by atoms with Crippen LogP contribution in [0.2, 0.25) is 0 Å². The molecule has 0 bridgehead atoms. The van der Waals surface area contributed by atoms with Gasteiger partial charge < -0.3 is 20.1 Å². The first kappa shape index (κ1) is 15.8. The van der Waals surface area contributed by atoms with Gasteiger partial charge in [-0.3, -0.25) is 0 Å². The number of benzene rings is 1. The molecule has 2 N–H and O–H groups in total. The highest BCUT2D eigenvalue weighted by Gasteiger charge is 2.18. The summed E-state index contributed by atoms with van der Waals surface area (Å²) in [6, 6.07) is 3.56. The average molecular weight is 319 g/mol. The van der Waals surface area contributed by atoms with Crippen molar-refractivity contribution < 1.29 is 14.2 Å². The van der Waals surface area contributed by atoms with Crippen LogP contribution in [0, 0.1) is 0 Å². The Morgan fingerprint density at radius 3 is 2.27 bits per heavy atom. The van der Waals surface area contributed by atoms with Gasteiger partial charge in [-0.05, 0) is 18.2 Å². The number of aromatic nitrogens is 1. The topological polar surface area (TPSA) is 79.0 Å². The molecule has 0 aliphatic rings. The molecule has 0 saturated heterocycles. The third-order valence-corrected chi connectivity index (χ3v) is 3.85. The quantitative estimate of drug-likeness (QED) is 0.503. The highest BCUT2D eigenvalue weighted by Crippen LogP contribution is 2.38. The zero-order valence-electron chi connectivity index (χ0n) is 12.6. The lowest BCUT2D eigenvalue weighted by molar-refractivity contribution is 0.324. The smallest absolute Gasteiger partial charge is 0.203 e. The fourth-order valence-corrected chi connectivity index (χ4v) is 2.64. The standard InChI is InChI=1S/C15H17N3O3S/c1-5-13-17-10(8-22-13)14(18-16)9-6-11(19-2)15(21-4)12(7-9)20-3/h5-8H,1,16H2,2-4H3/b18-14-. The summed E-state index contributed by atoms with van der Waals surface area (Å²) < 4.78 is 16.0. The van der Waals surface area contributed by atoms with E-state index in [4.69, 9.17) is 20.1 Å². The maximum Gasteiger partial charge on any atom is 0.203 e. The van der Waals surface area contributed by atoms with Crippen molar-refractivity contribution in [3.63, 3.8) is 0 Å². The predicted octanol–water partition coefficient (Wildman–Crippen LogP) is 2.52. The molecule has 1 aromatic heterocycles. The van der Waals surface area contributed by atoms with E-state index in [-0.39, 0.29) is 0 Å². The second-order valence-corrected chi connectivity index (χ2v) is 5.06. The molecule has 0 aliphatic carbocycles. The molecule has 2 rings (SSSR count). The number of ether oxygens (including phenoxy) is 3. The van der Waals surface area contributed by atoms with E-state index in [1.54, 1.807) is 39.5 Å². The summed E-state index contributed by atoms with van der Waals surface area (Å²) in [4.78, 5) is 4.41. The van der Waals surface area contributed by atoms with E-state index >= 15 is 0 Å². The third-order valence-electron chi connectivity index (χ3n) is 3.01. The van der Waals surface area contributed by atoms with Crippen molar-refractivity contribution in [2.24, 2.45) is 10.9 Å². The molecular weight excluding hydrogens is 302 g/mol. The Labute approximate surface area is 132 Å². The maximum absolute atomic E-state index is 5.56. The van der Waals surface area contributed by atoms with E-state index in [2.05, 4.69) is 16.7 Å². The molecule has 0 fully saturated rings. The van der Waals surface area contributed by atoms with Crippen molar-refractivity contribution in [2.45, 2.75) is 0 Å². The van der Waals surface area contributed by atoms with Crippen LogP contribution in [0.4, 0.5) is 0 Å². The van der Waals surface area contributed by atoms with Crippen molar-refractivity contribution in [3.8, 4) is 17.2 Å². The van der Waals surface area contributed by atoms with Crippen LogP contribution in [-0.2, 0) is 0 Å². The van der Waals surface area contributed by atoms with E-state index in [0.717, 1.165) is 10.6 Å². The van der Waals surface area contributed by atoms with Gasteiger partial charge in [0, 0.05) is 10.9 Å². The molecule has 1 aromatic carbocycles. The number of methoxy groups -OCH3 is 3. The first-order valence-electron chi connectivity index (χ1n) is 6.35. The average Bonchev–Trinajstić information content (AvgIpc) is 3.03. The van der Waals surface area contributed by atoms with Gasteiger partial charge in [0.15, 0.2) is 11.5 Å². The number of nitrogens with zero attached hydrogens (tertiary/aromatic N) is 2. The van der Waals surface area contributed by atoms with Crippen molar-refractivity contribution in [2.75, 3.05) is 21.3 Å². The van der Waals surface area contributed by atoms with Crippen molar-refractivity contribution >= 4 is 23.1 Å². The van der Waals surface area contributed by atoms with Crippen molar-refractivity contribution in [3.05, 3.63) is 40.4 Å². The molecule has 0 radical (unpaired) electrons. The SMILES string of the molecule is C=Cc1nc(/C(=N\N)c2cc(OC)c(OC)c(OC)c2)cs1. The molecule has 0 amide bonds. The zero-order chi connectivity index (χ0) is 16.1.